The van der Waals surface area contributed by atoms with Crippen LogP contribution in [0.3, 0.4) is 0 Å². The Hall–Kier alpha value is -3.38. The van der Waals surface area contributed by atoms with Crippen molar-refractivity contribution in [3.05, 3.63) is 71.3 Å². The highest BCUT2D eigenvalue weighted by molar-refractivity contribution is 6.25. The van der Waals surface area contributed by atoms with Crippen molar-refractivity contribution in [1.82, 2.24) is 0 Å². The number of terminal acetylenes is 1. The highest BCUT2D eigenvalue weighted by Gasteiger charge is 2.36. The fourth-order valence-electron chi connectivity index (χ4n) is 3.09. The second-order valence-electron chi connectivity index (χ2n) is 5.23. The van der Waals surface area contributed by atoms with Gasteiger partial charge in [0, 0.05) is 11.1 Å². The van der Waals surface area contributed by atoms with Crippen molar-refractivity contribution < 1.29 is 14.3 Å². The molecule has 0 aromatic heterocycles. The molecule has 0 unspecified atom stereocenters. The van der Waals surface area contributed by atoms with Gasteiger partial charge >= 0.3 is 11.9 Å². The molecule has 0 fully saturated rings. The smallest absolute Gasteiger partial charge is 0.348 e. The van der Waals surface area contributed by atoms with E-state index in [2.05, 4.69) is 5.92 Å². The fraction of sp³-hybridized carbons (Fsp3) is 0. The van der Waals surface area contributed by atoms with Gasteiger partial charge in [-0.15, -0.1) is 6.42 Å². The molecule has 3 aromatic carbocycles. The Morgan fingerprint density at radius 2 is 1.30 bits per heavy atom. The molecule has 0 N–H and O–H groups in total. The monoisotopic (exact) mass is 298 g/mol. The van der Waals surface area contributed by atoms with Crippen LogP contribution in [0.2, 0.25) is 0 Å². The van der Waals surface area contributed by atoms with Crippen molar-refractivity contribution >= 4 is 22.7 Å². The summed E-state index contributed by atoms with van der Waals surface area (Å²) in [5.41, 5.74) is 2.52. The van der Waals surface area contributed by atoms with Gasteiger partial charge in [-0.05, 0) is 16.3 Å². The third-order valence-corrected chi connectivity index (χ3v) is 4.02. The molecule has 3 nitrogen and oxygen atoms in total. The van der Waals surface area contributed by atoms with Crippen molar-refractivity contribution in [3.8, 4) is 23.5 Å². The molecule has 1 heterocycles. The van der Waals surface area contributed by atoms with E-state index in [1.807, 2.05) is 48.5 Å². The van der Waals surface area contributed by atoms with E-state index >= 15 is 0 Å². The van der Waals surface area contributed by atoms with Crippen molar-refractivity contribution in [1.29, 1.82) is 0 Å². The first kappa shape index (κ1) is 13.3. The maximum atomic E-state index is 12.1. The van der Waals surface area contributed by atoms with Crippen LogP contribution in [0.4, 0.5) is 0 Å². The van der Waals surface area contributed by atoms with E-state index in [0.717, 1.165) is 16.5 Å². The van der Waals surface area contributed by atoms with Crippen LogP contribution in [-0.4, -0.2) is 11.9 Å². The molecule has 0 aliphatic carbocycles. The van der Waals surface area contributed by atoms with Crippen LogP contribution >= 0.6 is 0 Å². The zero-order valence-corrected chi connectivity index (χ0v) is 12.0. The molecule has 0 saturated heterocycles. The standard InChI is InChI=1S/C20H10O3/c1-2-13-16(12-8-4-3-5-9-12)14-10-6-7-11-15(14)18-17(13)19(21)23-20(18)22/h1,3-11H. The molecule has 1 aliphatic heterocycles. The third kappa shape index (κ3) is 1.79. The van der Waals surface area contributed by atoms with Gasteiger partial charge < -0.3 is 4.74 Å². The Labute approximate surface area is 132 Å². The Kier molecular flexibility index (Phi) is 2.79. The van der Waals surface area contributed by atoms with E-state index < -0.39 is 11.9 Å². The van der Waals surface area contributed by atoms with Gasteiger partial charge in [-0.3, -0.25) is 0 Å². The van der Waals surface area contributed by atoms with Gasteiger partial charge in [-0.1, -0.05) is 60.5 Å². The van der Waals surface area contributed by atoms with Crippen LogP contribution in [0.5, 0.6) is 0 Å². The summed E-state index contributed by atoms with van der Waals surface area (Å²) in [6, 6.07) is 17.0. The average molecular weight is 298 g/mol. The summed E-state index contributed by atoms with van der Waals surface area (Å²) < 4.78 is 4.80. The second-order valence-corrected chi connectivity index (χ2v) is 5.23. The molecular formula is C20H10O3. The summed E-state index contributed by atoms with van der Waals surface area (Å²) in [6.07, 6.45) is 5.69. The lowest BCUT2D eigenvalue weighted by Crippen LogP contribution is -2.01. The van der Waals surface area contributed by atoms with Crippen molar-refractivity contribution in [2.45, 2.75) is 0 Å². The van der Waals surface area contributed by atoms with Gasteiger partial charge in [0.25, 0.3) is 0 Å². The number of ether oxygens (including phenoxy) is 1. The lowest BCUT2D eigenvalue weighted by atomic mass is 9.87. The SMILES string of the molecule is C#Cc1c2c(c3ccccc3c1-c1ccccc1)C(=O)OC2=O. The first-order valence-electron chi connectivity index (χ1n) is 7.09. The molecule has 0 bridgehead atoms. The molecule has 0 radical (unpaired) electrons. The van der Waals surface area contributed by atoms with Crippen molar-refractivity contribution in [3.63, 3.8) is 0 Å². The predicted molar refractivity (Wildman–Crippen MR) is 87.1 cm³/mol. The minimum atomic E-state index is -0.680. The zero-order valence-electron chi connectivity index (χ0n) is 12.0. The van der Waals surface area contributed by atoms with Gasteiger partial charge in [0.05, 0.1) is 11.1 Å². The van der Waals surface area contributed by atoms with Gasteiger partial charge in [0.1, 0.15) is 0 Å². The highest BCUT2D eigenvalue weighted by Crippen LogP contribution is 2.39. The Morgan fingerprint density at radius 3 is 1.96 bits per heavy atom. The van der Waals surface area contributed by atoms with Crippen molar-refractivity contribution in [2.24, 2.45) is 0 Å². The molecule has 108 valence electrons. The number of cyclic esters (lactones) is 2. The number of hydrogen-bond acceptors (Lipinski definition) is 3. The first-order valence-corrected chi connectivity index (χ1v) is 7.09. The molecule has 1 aliphatic rings. The molecule has 0 amide bonds. The molecule has 4 rings (SSSR count). The topological polar surface area (TPSA) is 43.4 Å². The molecular weight excluding hydrogens is 288 g/mol. The normalized spacial score (nSPS) is 12.8. The highest BCUT2D eigenvalue weighted by atomic mass is 16.6. The molecule has 0 spiro atoms. The van der Waals surface area contributed by atoms with Gasteiger partial charge in [0.2, 0.25) is 0 Å². The Balaban J connectivity index is 2.26. The number of esters is 2. The number of carbonyl (C=O) groups is 2. The molecule has 3 aromatic rings. The van der Waals surface area contributed by atoms with E-state index in [9.17, 15) is 9.59 Å². The molecule has 3 heteroatoms. The van der Waals surface area contributed by atoms with E-state index in [0.29, 0.717) is 10.9 Å². The predicted octanol–water partition coefficient (Wildman–Crippen LogP) is 3.80. The van der Waals surface area contributed by atoms with Crippen LogP contribution in [0, 0.1) is 12.3 Å². The lowest BCUT2D eigenvalue weighted by molar-refractivity contribution is 0.0444. The molecule has 0 saturated carbocycles. The number of fused-ring (bicyclic) bond motifs is 3. The fourth-order valence-corrected chi connectivity index (χ4v) is 3.09. The summed E-state index contributed by atoms with van der Waals surface area (Å²) in [7, 11) is 0. The maximum Gasteiger partial charge on any atom is 0.348 e. The van der Waals surface area contributed by atoms with Crippen LogP contribution in [0.15, 0.2) is 54.6 Å². The number of carbonyl (C=O) groups excluding carboxylic acids is 2. The van der Waals surface area contributed by atoms with Crippen molar-refractivity contribution in [2.75, 3.05) is 0 Å². The Morgan fingerprint density at radius 1 is 0.739 bits per heavy atom. The lowest BCUT2D eigenvalue weighted by Gasteiger charge is -2.13. The summed E-state index contributed by atoms with van der Waals surface area (Å²) in [5, 5.41) is 1.51. The number of hydrogen-bond donors (Lipinski definition) is 0. The van der Waals surface area contributed by atoms with Crippen LogP contribution in [-0.2, 0) is 4.74 Å². The van der Waals surface area contributed by atoms with E-state index in [1.165, 1.54) is 0 Å². The summed E-state index contributed by atoms with van der Waals surface area (Å²) in [6.45, 7) is 0. The van der Waals surface area contributed by atoms with E-state index in [1.54, 1.807) is 6.07 Å². The second kappa shape index (κ2) is 4.82. The maximum absolute atomic E-state index is 12.1. The van der Waals surface area contributed by atoms with E-state index in [-0.39, 0.29) is 11.1 Å². The zero-order chi connectivity index (χ0) is 16.0. The Bertz CT molecular complexity index is 1020. The van der Waals surface area contributed by atoms with E-state index in [4.69, 9.17) is 11.2 Å². The molecule has 0 atom stereocenters. The minimum absolute atomic E-state index is 0.190. The summed E-state index contributed by atoms with van der Waals surface area (Å²) >= 11 is 0. The van der Waals surface area contributed by atoms with Crippen LogP contribution in [0.25, 0.3) is 21.9 Å². The summed E-state index contributed by atoms with van der Waals surface area (Å²) in [5.74, 6) is 1.26. The minimum Gasteiger partial charge on any atom is -0.386 e. The third-order valence-electron chi connectivity index (χ3n) is 4.02. The summed E-state index contributed by atoms with van der Waals surface area (Å²) in [4.78, 5) is 24.2. The largest absolute Gasteiger partial charge is 0.386 e. The first-order chi connectivity index (χ1) is 11.2. The van der Waals surface area contributed by atoms with Crippen LogP contribution < -0.4 is 0 Å². The van der Waals surface area contributed by atoms with Crippen LogP contribution in [0.1, 0.15) is 26.3 Å². The molecule has 23 heavy (non-hydrogen) atoms. The van der Waals surface area contributed by atoms with Gasteiger partial charge in [0.15, 0.2) is 0 Å². The average Bonchev–Trinajstić information content (AvgIpc) is 2.89. The quantitative estimate of drug-likeness (QED) is 0.390. The number of rotatable bonds is 1. The van der Waals surface area contributed by atoms with Gasteiger partial charge in [-0.2, -0.15) is 0 Å². The van der Waals surface area contributed by atoms with Gasteiger partial charge in [-0.25, -0.2) is 9.59 Å². The number of benzene rings is 3.